The van der Waals surface area contributed by atoms with Crippen LogP contribution in [0.5, 0.6) is 0 Å². The molecule has 1 aromatic carbocycles. The summed E-state index contributed by atoms with van der Waals surface area (Å²) in [6, 6.07) is 5.28. The third-order valence-corrected chi connectivity index (χ3v) is 2.53. The average molecular weight is 235 g/mol. The van der Waals surface area contributed by atoms with Gasteiger partial charge in [-0.25, -0.2) is 0 Å². The van der Waals surface area contributed by atoms with Gasteiger partial charge in [0.05, 0.1) is 12.1 Å². The number of likely N-dealkylation sites (N-methyl/N-ethyl adjacent to an activating group) is 2. The van der Waals surface area contributed by atoms with Gasteiger partial charge in [-0.3, -0.25) is 9.59 Å². The van der Waals surface area contributed by atoms with E-state index in [2.05, 4.69) is 5.32 Å². The van der Waals surface area contributed by atoms with Gasteiger partial charge in [0.2, 0.25) is 5.91 Å². The van der Waals surface area contributed by atoms with Gasteiger partial charge in [0, 0.05) is 19.8 Å². The second-order valence-corrected chi connectivity index (χ2v) is 3.87. The molecule has 0 fully saturated rings. The summed E-state index contributed by atoms with van der Waals surface area (Å²) in [5.41, 5.74) is 7.47. The van der Waals surface area contributed by atoms with E-state index in [1.165, 1.54) is 11.9 Å². The number of nitrogens with zero attached hydrogens (tertiary/aromatic N) is 1. The van der Waals surface area contributed by atoms with Crippen molar-refractivity contribution >= 4 is 17.5 Å². The molecule has 0 heterocycles. The lowest BCUT2D eigenvalue weighted by atomic mass is 10.1. The maximum atomic E-state index is 12.1. The molecule has 2 amide bonds. The molecule has 0 aromatic heterocycles. The van der Waals surface area contributed by atoms with Crippen molar-refractivity contribution in [3.63, 3.8) is 0 Å². The van der Waals surface area contributed by atoms with Gasteiger partial charge in [-0.05, 0) is 18.6 Å². The minimum atomic E-state index is -0.246. The smallest absolute Gasteiger partial charge is 0.256 e. The Balaban J connectivity index is 2.93. The number of nitrogens with two attached hydrogens (primary N) is 1. The molecule has 5 nitrogen and oxygen atoms in total. The summed E-state index contributed by atoms with van der Waals surface area (Å²) in [5.74, 6) is -0.461. The van der Waals surface area contributed by atoms with Gasteiger partial charge in [0.15, 0.2) is 0 Å². The lowest BCUT2D eigenvalue weighted by molar-refractivity contribution is -0.121. The number of anilines is 1. The standard InChI is InChI=1S/C12H17N3O2/c1-8-5-4-6-9(13)11(8)12(17)15(3)7-10(16)14-2/h4-6H,7,13H2,1-3H3,(H,14,16). The van der Waals surface area contributed by atoms with Gasteiger partial charge >= 0.3 is 0 Å². The summed E-state index contributed by atoms with van der Waals surface area (Å²) >= 11 is 0. The summed E-state index contributed by atoms with van der Waals surface area (Å²) in [4.78, 5) is 24.6. The van der Waals surface area contributed by atoms with Crippen molar-refractivity contribution < 1.29 is 9.59 Å². The number of hydrogen-bond donors (Lipinski definition) is 2. The summed E-state index contributed by atoms with van der Waals surface area (Å²) in [6.07, 6.45) is 0. The number of amides is 2. The van der Waals surface area contributed by atoms with Crippen molar-refractivity contribution in [3.8, 4) is 0 Å². The highest BCUT2D eigenvalue weighted by Crippen LogP contribution is 2.17. The second-order valence-electron chi connectivity index (χ2n) is 3.87. The molecule has 17 heavy (non-hydrogen) atoms. The van der Waals surface area contributed by atoms with Crippen LogP contribution in [0.2, 0.25) is 0 Å². The fourth-order valence-corrected chi connectivity index (χ4v) is 1.54. The summed E-state index contributed by atoms with van der Waals surface area (Å²) in [7, 11) is 3.10. The lowest BCUT2D eigenvalue weighted by Gasteiger charge is -2.18. The van der Waals surface area contributed by atoms with Crippen molar-refractivity contribution in [2.24, 2.45) is 0 Å². The molecule has 92 valence electrons. The third kappa shape index (κ3) is 2.96. The SMILES string of the molecule is CNC(=O)CN(C)C(=O)c1c(C)cccc1N. The highest BCUT2D eigenvalue weighted by atomic mass is 16.2. The van der Waals surface area contributed by atoms with E-state index in [1.54, 1.807) is 19.2 Å². The predicted molar refractivity (Wildman–Crippen MR) is 66.6 cm³/mol. The summed E-state index contributed by atoms with van der Waals surface area (Å²) < 4.78 is 0. The molecule has 1 aromatic rings. The van der Waals surface area contributed by atoms with Crippen molar-refractivity contribution in [2.75, 3.05) is 26.4 Å². The van der Waals surface area contributed by atoms with Crippen LogP contribution in [0.1, 0.15) is 15.9 Å². The maximum Gasteiger partial charge on any atom is 0.256 e. The summed E-state index contributed by atoms with van der Waals surface area (Å²) in [6.45, 7) is 1.83. The molecule has 0 aliphatic carbocycles. The van der Waals surface area contributed by atoms with E-state index >= 15 is 0 Å². The minimum Gasteiger partial charge on any atom is -0.398 e. The number of nitrogens with one attached hydrogen (secondary N) is 1. The van der Waals surface area contributed by atoms with Crippen molar-refractivity contribution in [2.45, 2.75) is 6.92 Å². The lowest BCUT2D eigenvalue weighted by Crippen LogP contribution is -2.37. The van der Waals surface area contributed by atoms with Crippen LogP contribution >= 0.6 is 0 Å². The number of carbonyl (C=O) groups is 2. The fraction of sp³-hybridized carbons (Fsp3) is 0.333. The first-order valence-electron chi connectivity index (χ1n) is 5.28. The molecule has 5 heteroatoms. The van der Waals surface area contributed by atoms with E-state index in [9.17, 15) is 9.59 Å². The molecular weight excluding hydrogens is 218 g/mol. The Kier molecular flexibility index (Phi) is 4.09. The number of carbonyl (C=O) groups excluding carboxylic acids is 2. The van der Waals surface area contributed by atoms with Crippen LogP contribution in [0, 0.1) is 6.92 Å². The monoisotopic (exact) mass is 235 g/mol. The van der Waals surface area contributed by atoms with Gasteiger partial charge in [-0.1, -0.05) is 12.1 Å². The minimum absolute atomic E-state index is 0.0170. The molecule has 0 atom stereocenters. The van der Waals surface area contributed by atoms with E-state index in [0.717, 1.165) is 5.56 Å². The molecule has 0 saturated heterocycles. The Hall–Kier alpha value is -2.04. The Morgan fingerprint density at radius 2 is 2.06 bits per heavy atom. The molecule has 0 radical (unpaired) electrons. The Bertz CT molecular complexity index is 423. The molecule has 0 saturated carbocycles. The van der Waals surface area contributed by atoms with Crippen LogP contribution < -0.4 is 11.1 Å². The van der Waals surface area contributed by atoms with E-state index in [1.807, 2.05) is 13.0 Å². The van der Waals surface area contributed by atoms with Crippen LogP contribution in [0.3, 0.4) is 0 Å². The fourth-order valence-electron chi connectivity index (χ4n) is 1.54. The molecule has 0 aliphatic heterocycles. The number of benzene rings is 1. The van der Waals surface area contributed by atoms with Gasteiger partial charge in [-0.2, -0.15) is 0 Å². The first kappa shape index (κ1) is 13.0. The molecule has 0 aliphatic rings. The predicted octanol–water partition coefficient (Wildman–Crippen LogP) is 0.395. The highest BCUT2D eigenvalue weighted by Gasteiger charge is 2.18. The van der Waals surface area contributed by atoms with Gasteiger partial charge in [0.25, 0.3) is 5.91 Å². The van der Waals surface area contributed by atoms with E-state index in [0.29, 0.717) is 11.3 Å². The number of aryl methyl sites for hydroxylation is 1. The zero-order valence-electron chi connectivity index (χ0n) is 10.3. The Morgan fingerprint density at radius 3 is 2.59 bits per heavy atom. The molecule has 0 bridgehead atoms. The van der Waals surface area contributed by atoms with E-state index in [-0.39, 0.29) is 18.4 Å². The summed E-state index contributed by atoms with van der Waals surface area (Å²) in [5, 5.41) is 2.47. The molecule has 1 rings (SSSR count). The van der Waals surface area contributed by atoms with Gasteiger partial charge in [-0.15, -0.1) is 0 Å². The largest absolute Gasteiger partial charge is 0.398 e. The van der Waals surface area contributed by atoms with Crippen LogP contribution in [-0.2, 0) is 4.79 Å². The average Bonchev–Trinajstić information content (AvgIpc) is 2.28. The van der Waals surface area contributed by atoms with Crippen molar-refractivity contribution in [1.82, 2.24) is 10.2 Å². The molecule has 0 spiro atoms. The van der Waals surface area contributed by atoms with Gasteiger partial charge in [0.1, 0.15) is 0 Å². The first-order chi connectivity index (χ1) is 7.97. The maximum absolute atomic E-state index is 12.1. The third-order valence-electron chi connectivity index (χ3n) is 2.53. The topological polar surface area (TPSA) is 75.4 Å². The molecular formula is C12H17N3O2. The van der Waals surface area contributed by atoms with Gasteiger partial charge < -0.3 is 16.0 Å². The molecule has 0 unspecified atom stereocenters. The highest BCUT2D eigenvalue weighted by molar-refractivity contribution is 6.01. The van der Waals surface area contributed by atoms with Crippen LogP contribution in [-0.4, -0.2) is 37.4 Å². The van der Waals surface area contributed by atoms with Crippen molar-refractivity contribution in [3.05, 3.63) is 29.3 Å². The second kappa shape index (κ2) is 5.34. The normalized spacial score (nSPS) is 9.82. The number of hydrogen-bond acceptors (Lipinski definition) is 3. The Labute approximate surface area is 101 Å². The van der Waals surface area contributed by atoms with Crippen LogP contribution in [0.4, 0.5) is 5.69 Å². The Morgan fingerprint density at radius 1 is 1.41 bits per heavy atom. The van der Waals surface area contributed by atoms with Crippen LogP contribution in [0.15, 0.2) is 18.2 Å². The zero-order valence-corrected chi connectivity index (χ0v) is 10.3. The quantitative estimate of drug-likeness (QED) is 0.744. The van der Waals surface area contributed by atoms with Crippen molar-refractivity contribution in [1.29, 1.82) is 0 Å². The molecule has 3 N–H and O–H groups in total. The number of rotatable bonds is 3. The number of nitrogen functional groups attached to an aromatic ring is 1. The van der Waals surface area contributed by atoms with E-state index < -0.39 is 0 Å². The van der Waals surface area contributed by atoms with Crippen LogP contribution in [0.25, 0.3) is 0 Å². The first-order valence-corrected chi connectivity index (χ1v) is 5.28. The zero-order chi connectivity index (χ0) is 13.0. The van der Waals surface area contributed by atoms with E-state index in [4.69, 9.17) is 5.73 Å².